The molecule has 3 amide bonds. The Morgan fingerprint density at radius 3 is 2.75 bits per heavy atom. The van der Waals surface area contributed by atoms with E-state index in [1.807, 2.05) is 6.92 Å². The van der Waals surface area contributed by atoms with Crippen LogP contribution < -0.4 is 11.1 Å². The summed E-state index contributed by atoms with van der Waals surface area (Å²) in [5, 5.41) is 11.5. The first-order chi connectivity index (χ1) is 9.47. The molecule has 114 valence electrons. The quantitative estimate of drug-likeness (QED) is 0.611. The van der Waals surface area contributed by atoms with E-state index in [-0.39, 0.29) is 18.5 Å². The fourth-order valence-electron chi connectivity index (χ4n) is 1.90. The lowest BCUT2D eigenvalue weighted by Crippen LogP contribution is -2.50. The molecule has 0 aromatic heterocycles. The van der Waals surface area contributed by atoms with E-state index >= 15 is 0 Å². The molecule has 0 bridgehead atoms. The molecule has 0 aromatic carbocycles. The molecular formula is C11H19N3O5S. The average Bonchev–Trinajstić information content (AvgIpc) is 2.78. The molecule has 8 nitrogen and oxygen atoms in total. The van der Waals surface area contributed by atoms with Crippen LogP contribution in [-0.2, 0) is 9.53 Å². The maximum Gasteiger partial charge on any atom is 0.404 e. The number of rotatable bonds is 6. The third-order valence-electron chi connectivity index (χ3n) is 2.77. The number of aliphatic carboxylic acids is 1. The van der Waals surface area contributed by atoms with E-state index in [2.05, 4.69) is 10.1 Å². The van der Waals surface area contributed by atoms with E-state index in [1.165, 1.54) is 16.7 Å². The molecule has 1 fully saturated rings. The lowest BCUT2D eigenvalue weighted by molar-refractivity contribution is -0.141. The second kappa shape index (κ2) is 7.83. The van der Waals surface area contributed by atoms with Crippen LogP contribution in [0.1, 0.15) is 19.8 Å². The minimum absolute atomic E-state index is 0.0434. The van der Waals surface area contributed by atoms with Gasteiger partial charge in [0.2, 0.25) is 0 Å². The highest BCUT2D eigenvalue weighted by Gasteiger charge is 2.41. The molecular weight excluding hydrogens is 286 g/mol. The van der Waals surface area contributed by atoms with Gasteiger partial charge in [0.05, 0.1) is 11.9 Å². The van der Waals surface area contributed by atoms with Crippen LogP contribution in [0.3, 0.4) is 0 Å². The van der Waals surface area contributed by atoms with Gasteiger partial charge >= 0.3 is 18.1 Å². The molecule has 2 atom stereocenters. The minimum atomic E-state index is -1.01. The molecule has 9 heteroatoms. The summed E-state index contributed by atoms with van der Waals surface area (Å²) in [5.41, 5.74) is 4.79. The molecule has 1 heterocycles. The molecule has 4 N–H and O–H groups in total. The third kappa shape index (κ3) is 4.48. The van der Waals surface area contributed by atoms with Crippen molar-refractivity contribution in [2.45, 2.75) is 31.2 Å². The number of thioether (sulfide) groups is 1. The van der Waals surface area contributed by atoms with Crippen molar-refractivity contribution >= 4 is 29.9 Å². The summed E-state index contributed by atoms with van der Waals surface area (Å²) >= 11 is 1.46. The SMILES string of the molecule is CCCC1SCC(C(=O)O)N1C(=O)NCCOC(N)=O. The topological polar surface area (TPSA) is 122 Å². The van der Waals surface area contributed by atoms with Gasteiger partial charge in [-0.2, -0.15) is 0 Å². The van der Waals surface area contributed by atoms with Crippen LogP contribution in [-0.4, -0.2) is 58.4 Å². The Morgan fingerprint density at radius 1 is 1.50 bits per heavy atom. The molecule has 0 spiro atoms. The van der Waals surface area contributed by atoms with Gasteiger partial charge < -0.3 is 20.9 Å². The highest BCUT2D eigenvalue weighted by molar-refractivity contribution is 8.00. The number of carboxylic acids is 1. The number of nitrogens with one attached hydrogen (secondary N) is 1. The number of primary amides is 1. The van der Waals surface area contributed by atoms with E-state index in [0.717, 1.165) is 12.8 Å². The number of urea groups is 1. The van der Waals surface area contributed by atoms with Crippen LogP contribution in [0.5, 0.6) is 0 Å². The summed E-state index contributed by atoms with van der Waals surface area (Å²) in [7, 11) is 0. The van der Waals surface area contributed by atoms with Crippen LogP contribution in [0.4, 0.5) is 9.59 Å². The lowest BCUT2D eigenvalue weighted by atomic mass is 10.2. The van der Waals surface area contributed by atoms with Gasteiger partial charge in [0, 0.05) is 5.75 Å². The van der Waals surface area contributed by atoms with Crippen molar-refractivity contribution in [1.29, 1.82) is 0 Å². The predicted molar refractivity (Wildman–Crippen MR) is 73.4 cm³/mol. The van der Waals surface area contributed by atoms with Crippen LogP contribution in [0.2, 0.25) is 0 Å². The van der Waals surface area contributed by atoms with Gasteiger partial charge in [0.1, 0.15) is 12.6 Å². The Bertz CT molecular complexity index is 379. The van der Waals surface area contributed by atoms with E-state index in [4.69, 9.17) is 10.8 Å². The summed E-state index contributed by atoms with van der Waals surface area (Å²) in [6, 6.07) is -1.29. The van der Waals surface area contributed by atoms with E-state index in [1.54, 1.807) is 0 Å². The fourth-order valence-corrected chi connectivity index (χ4v) is 3.41. The van der Waals surface area contributed by atoms with Crippen molar-refractivity contribution in [3.05, 3.63) is 0 Å². The smallest absolute Gasteiger partial charge is 0.404 e. The first-order valence-electron chi connectivity index (χ1n) is 6.30. The normalized spacial score (nSPS) is 21.6. The Hall–Kier alpha value is -1.64. The van der Waals surface area contributed by atoms with Gasteiger partial charge in [0.25, 0.3) is 0 Å². The third-order valence-corrected chi connectivity index (χ3v) is 4.13. The monoisotopic (exact) mass is 305 g/mol. The van der Waals surface area contributed by atoms with E-state index in [9.17, 15) is 14.4 Å². The van der Waals surface area contributed by atoms with Crippen LogP contribution >= 0.6 is 11.8 Å². The van der Waals surface area contributed by atoms with Crippen LogP contribution in [0, 0.1) is 0 Å². The number of nitrogens with two attached hydrogens (primary N) is 1. The highest BCUT2D eigenvalue weighted by Crippen LogP contribution is 2.32. The molecule has 0 radical (unpaired) electrons. The number of amides is 3. The largest absolute Gasteiger partial charge is 0.480 e. The van der Waals surface area contributed by atoms with Crippen LogP contribution in [0.25, 0.3) is 0 Å². The average molecular weight is 305 g/mol. The first kappa shape index (κ1) is 16.4. The minimum Gasteiger partial charge on any atom is -0.480 e. The Balaban J connectivity index is 2.55. The van der Waals surface area contributed by atoms with Gasteiger partial charge in [-0.1, -0.05) is 13.3 Å². The standard InChI is InChI=1S/C11H19N3O5S/c1-2-3-8-14(7(6-20-8)9(15)16)11(18)13-4-5-19-10(12)17/h7-8H,2-6H2,1H3,(H2,12,17)(H,13,18)(H,15,16). The molecule has 1 aliphatic heterocycles. The maximum atomic E-state index is 12.1. The summed E-state index contributed by atoms with van der Waals surface area (Å²) in [6.45, 7) is 2.03. The fraction of sp³-hybridized carbons (Fsp3) is 0.727. The predicted octanol–water partition coefficient (Wildman–Crippen LogP) is 0.420. The van der Waals surface area contributed by atoms with Gasteiger partial charge in [-0.05, 0) is 6.42 Å². The van der Waals surface area contributed by atoms with Crippen molar-refractivity contribution in [2.24, 2.45) is 5.73 Å². The Morgan fingerprint density at radius 2 is 2.20 bits per heavy atom. The first-order valence-corrected chi connectivity index (χ1v) is 7.35. The molecule has 1 aliphatic rings. The van der Waals surface area contributed by atoms with Crippen molar-refractivity contribution in [1.82, 2.24) is 10.2 Å². The lowest BCUT2D eigenvalue weighted by Gasteiger charge is -2.27. The zero-order chi connectivity index (χ0) is 15.1. The summed E-state index contributed by atoms with van der Waals surface area (Å²) in [5.74, 6) is -0.634. The van der Waals surface area contributed by atoms with Crippen LogP contribution in [0.15, 0.2) is 0 Å². The summed E-state index contributed by atoms with van der Waals surface area (Å²) < 4.78 is 4.49. The molecule has 0 saturated carbocycles. The number of carboxylic acid groups (broad SMARTS) is 1. The van der Waals surface area contributed by atoms with Gasteiger partial charge in [-0.3, -0.25) is 4.90 Å². The molecule has 20 heavy (non-hydrogen) atoms. The molecule has 0 aromatic rings. The Labute approximate surface area is 121 Å². The number of carbonyl (C=O) groups excluding carboxylic acids is 2. The molecule has 1 saturated heterocycles. The second-order valence-corrected chi connectivity index (χ2v) is 5.45. The van der Waals surface area contributed by atoms with Gasteiger partial charge in [0.15, 0.2) is 0 Å². The van der Waals surface area contributed by atoms with Crippen molar-refractivity contribution in [3.8, 4) is 0 Å². The van der Waals surface area contributed by atoms with Gasteiger partial charge in [-0.15, -0.1) is 11.8 Å². The highest BCUT2D eigenvalue weighted by atomic mass is 32.2. The van der Waals surface area contributed by atoms with Crippen molar-refractivity contribution in [3.63, 3.8) is 0 Å². The zero-order valence-electron chi connectivity index (χ0n) is 11.2. The molecule has 2 unspecified atom stereocenters. The van der Waals surface area contributed by atoms with E-state index < -0.39 is 24.1 Å². The second-order valence-electron chi connectivity index (χ2n) is 4.24. The number of nitrogens with zero attached hydrogens (tertiary/aromatic N) is 1. The zero-order valence-corrected chi connectivity index (χ0v) is 12.0. The van der Waals surface area contributed by atoms with E-state index in [0.29, 0.717) is 5.75 Å². The Kier molecular flexibility index (Phi) is 6.43. The van der Waals surface area contributed by atoms with Crippen molar-refractivity contribution in [2.75, 3.05) is 18.9 Å². The summed E-state index contributed by atoms with van der Waals surface area (Å²) in [6.07, 6.45) is 0.682. The number of hydrogen-bond donors (Lipinski definition) is 3. The number of ether oxygens (including phenoxy) is 1. The number of hydrogen-bond acceptors (Lipinski definition) is 5. The van der Waals surface area contributed by atoms with Gasteiger partial charge in [-0.25, -0.2) is 14.4 Å². The molecule has 1 rings (SSSR count). The number of carbonyl (C=O) groups is 3. The maximum absolute atomic E-state index is 12.1. The van der Waals surface area contributed by atoms with Crippen molar-refractivity contribution < 1.29 is 24.2 Å². The molecule has 0 aliphatic carbocycles. The summed E-state index contributed by atoms with van der Waals surface area (Å²) in [4.78, 5) is 34.9.